The second-order valence-electron chi connectivity index (χ2n) is 7.52. The molecular weight excluding hydrogens is 414 g/mol. The van der Waals surface area contributed by atoms with Crippen LogP contribution in [-0.4, -0.2) is 29.1 Å². The molecule has 1 aromatic heterocycles. The van der Waals surface area contributed by atoms with Crippen LogP contribution >= 0.6 is 0 Å². The minimum atomic E-state index is -3.75. The molecule has 0 fully saturated rings. The van der Waals surface area contributed by atoms with Crippen molar-refractivity contribution in [2.75, 3.05) is 0 Å². The highest BCUT2D eigenvalue weighted by molar-refractivity contribution is 7.89. The summed E-state index contributed by atoms with van der Waals surface area (Å²) in [6, 6.07) is 15.3. The van der Waals surface area contributed by atoms with E-state index in [4.69, 9.17) is 0 Å². The Balaban J connectivity index is 1.42. The number of hydrogen-bond donors (Lipinski definition) is 2. The molecule has 8 nitrogen and oxygen atoms in total. The lowest BCUT2D eigenvalue weighted by molar-refractivity contribution is 0.0949. The van der Waals surface area contributed by atoms with Gasteiger partial charge in [-0.25, -0.2) is 13.1 Å². The van der Waals surface area contributed by atoms with Gasteiger partial charge in [0.05, 0.1) is 11.4 Å². The van der Waals surface area contributed by atoms with Crippen molar-refractivity contribution >= 4 is 15.9 Å². The first kappa shape index (κ1) is 21.2. The van der Waals surface area contributed by atoms with E-state index in [-0.39, 0.29) is 29.5 Å². The predicted molar refractivity (Wildman–Crippen MR) is 116 cm³/mol. The van der Waals surface area contributed by atoms with Gasteiger partial charge in [0.2, 0.25) is 10.0 Å². The first-order valence-electron chi connectivity index (χ1n) is 10.4. The zero-order valence-corrected chi connectivity index (χ0v) is 17.9. The summed E-state index contributed by atoms with van der Waals surface area (Å²) >= 11 is 0. The van der Waals surface area contributed by atoms with E-state index in [1.807, 2.05) is 30.3 Å². The van der Waals surface area contributed by atoms with Gasteiger partial charge < -0.3 is 9.88 Å². The van der Waals surface area contributed by atoms with Gasteiger partial charge in [0.1, 0.15) is 5.82 Å². The monoisotopic (exact) mass is 439 g/mol. The highest BCUT2D eigenvalue weighted by Crippen LogP contribution is 2.15. The minimum absolute atomic E-state index is 0.0485. The van der Waals surface area contributed by atoms with Gasteiger partial charge in [-0.2, -0.15) is 0 Å². The van der Waals surface area contributed by atoms with E-state index in [9.17, 15) is 13.2 Å². The molecule has 1 aliphatic heterocycles. The second-order valence-corrected chi connectivity index (χ2v) is 9.28. The number of nitrogens with one attached hydrogen (secondary N) is 2. The Morgan fingerprint density at radius 3 is 2.65 bits per heavy atom. The van der Waals surface area contributed by atoms with Crippen molar-refractivity contribution < 1.29 is 13.2 Å². The summed E-state index contributed by atoms with van der Waals surface area (Å²) in [4.78, 5) is 12.7. The lowest BCUT2D eigenvalue weighted by Crippen LogP contribution is -2.26. The maximum Gasteiger partial charge on any atom is 0.251 e. The zero-order chi connectivity index (χ0) is 21.7. The third-order valence-corrected chi connectivity index (χ3v) is 6.71. The molecule has 0 atom stereocenters. The van der Waals surface area contributed by atoms with Crippen LogP contribution in [0.4, 0.5) is 0 Å². The summed E-state index contributed by atoms with van der Waals surface area (Å²) in [5, 5.41) is 11.3. The summed E-state index contributed by atoms with van der Waals surface area (Å²) in [5.74, 6) is 1.32. The number of carbonyl (C=O) groups is 1. The van der Waals surface area contributed by atoms with Crippen molar-refractivity contribution in [2.45, 2.75) is 50.2 Å². The summed E-state index contributed by atoms with van der Waals surface area (Å²) in [6.45, 7) is 1.28. The maximum absolute atomic E-state index is 12.7. The third kappa shape index (κ3) is 5.18. The second kappa shape index (κ2) is 9.40. The number of rotatable bonds is 7. The van der Waals surface area contributed by atoms with E-state index in [0.717, 1.165) is 49.4 Å². The van der Waals surface area contributed by atoms with Crippen molar-refractivity contribution in [1.82, 2.24) is 24.8 Å². The average Bonchev–Trinajstić information content (AvgIpc) is 3.02. The molecule has 0 saturated heterocycles. The molecule has 4 rings (SSSR count). The minimum Gasteiger partial charge on any atom is -0.345 e. The van der Waals surface area contributed by atoms with E-state index in [0.29, 0.717) is 0 Å². The Morgan fingerprint density at radius 1 is 0.968 bits per heavy atom. The van der Waals surface area contributed by atoms with E-state index in [1.165, 1.54) is 12.1 Å². The molecule has 0 radical (unpaired) electrons. The van der Waals surface area contributed by atoms with Crippen LogP contribution in [0.1, 0.15) is 46.8 Å². The molecule has 0 spiro atoms. The average molecular weight is 440 g/mol. The van der Waals surface area contributed by atoms with Gasteiger partial charge in [0.25, 0.3) is 5.91 Å². The van der Waals surface area contributed by atoms with Crippen LogP contribution in [0.5, 0.6) is 0 Å². The highest BCUT2D eigenvalue weighted by Gasteiger charge is 2.18. The fourth-order valence-corrected chi connectivity index (χ4v) is 4.66. The van der Waals surface area contributed by atoms with Gasteiger partial charge in [-0.15, -0.1) is 10.2 Å². The number of sulfonamides is 1. The van der Waals surface area contributed by atoms with Gasteiger partial charge in [0.15, 0.2) is 5.82 Å². The van der Waals surface area contributed by atoms with E-state index in [2.05, 4.69) is 24.8 Å². The number of hydrogen-bond acceptors (Lipinski definition) is 5. The number of nitrogens with zero attached hydrogens (tertiary/aromatic N) is 3. The topological polar surface area (TPSA) is 106 Å². The molecular formula is C22H25N5O3S. The molecule has 3 aromatic rings. The molecule has 1 amide bonds. The van der Waals surface area contributed by atoms with Crippen LogP contribution in [0, 0.1) is 0 Å². The number of aromatic nitrogens is 3. The fourth-order valence-electron chi connectivity index (χ4n) is 3.60. The summed E-state index contributed by atoms with van der Waals surface area (Å²) < 4.78 is 29.9. The van der Waals surface area contributed by atoms with E-state index < -0.39 is 10.0 Å². The first-order chi connectivity index (χ1) is 15.0. The van der Waals surface area contributed by atoms with Crippen molar-refractivity contribution in [2.24, 2.45) is 0 Å². The molecule has 0 bridgehead atoms. The van der Waals surface area contributed by atoms with Crippen LogP contribution < -0.4 is 10.0 Å². The smallest absolute Gasteiger partial charge is 0.251 e. The van der Waals surface area contributed by atoms with Gasteiger partial charge in [0, 0.05) is 25.1 Å². The van der Waals surface area contributed by atoms with E-state index in [1.54, 1.807) is 12.1 Å². The number of carbonyl (C=O) groups excluding carboxylic acids is 1. The quantitative estimate of drug-likeness (QED) is 0.588. The first-order valence-corrected chi connectivity index (χ1v) is 11.8. The molecule has 1 aliphatic rings. The molecule has 0 saturated carbocycles. The Labute approximate surface area is 181 Å². The van der Waals surface area contributed by atoms with Crippen LogP contribution in [-0.2, 0) is 36.1 Å². The van der Waals surface area contributed by atoms with Crippen molar-refractivity contribution in [1.29, 1.82) is 0 Å². The molecule has 2 N–H and O–H groups in total. The number of aryl methyl sites for hydroxylation is 1. The lowest BCUT2D eigenvalue weighted by atomic mass is 10.2. The van der Waals surface area contributed by atoms with Crippen LogP contribution in [0.15, 0.2) is 59.5 Å². The third-order valence-electron chi connectivity index (χ3n) is 5.31. The number of benzene rings is 2. The number of fused-ring (bicyclic) bond motifs is 1. The standard InChI is InChI=1S/C22H25N5O3S/c28-22(23-16-21-26-25-20-12-5-2-6-13-27(20)21)18-10-7-11-19(14-18)31(29,30)24-15-17-8-3-1-4-9-17/h1,3-4,7-11,14,24H,2,5-6,12-13,15-16H2,(H,23,28). The van der Waals surface area contributed by atoms with Gasteiger partial charge in [-0.05, 0) is 36.6 Å². The molecule has 2 heterocycles. The summed E-state index contributed by atoms with van der Waals surface area (Å²) in [7, 11) is -3.75. The molecule has 0 aliphatic carbocycles. The van der Waals surface area contributed by atoms with Crippen molar-refractivity contribution in [3.8, 4) is 0 Å². The van der Waals surface area contributed by atoms with Gasteiger partial charge in [-0.1, -0.05) is 42.8 Å². The largest absolute Gasteiger partial charge is 0.345 e. The zero-order valence-electron chi connectivity index (χ0n) is 17.1. The van der Waals surface area contributed by atoms with Gasteiger partial charge >= 0.3 is 0 Å². The van der Waals surface area contributed by atoms with Crippen molar-refractivity contribution in [3.63, 3.8) is 0 Å². The highest BCUT2D eigenvalue weighted by atomic mass is 32.2. The van der Waals surface area contributed by atoms with Crippen molar-refractivity contribution in [3.05, 3.63) is 77.4 Å². The maximum atomic E-state index is 12.7. The van der Waals surface area contributed by atoms with Gasteiger partial charge in [-0.3, -0.25) is 4.79 Å². The van der Waals surface area contributed by atoms with Crippen LogP contribution in [0.2, 0.25) is 0 Å². The van der Waals surface area contributed by atoms with Crippen LogP contribution in [0.25, 0.3) is 0 Å². The Hall–Kier alpha value is -3.04. The predicted octanol–water partition coefficient (Wildman–Crippen LogP) is 2.41. The molecule has 2 aromatic carbocycles. The molecule has 9 heteroatoms. The Kier molecular flexibility index (Phi) is 6.43. The molecule has 162 valence electrons. The van der Waals surface area contributed by atoms with Crippen LogP contribution in [0.3, 0.4) is 0 Å². The fraction of sp³-hybridized carbons (Fsp3) is 0.318. The normalized spacial score (nSPS) is 13.9. The molecule has 31 heavy (non-hydrogen) atoms. The summed E-state index contributed by atoms with van der Waals surface area (Å²) in [5.41, 5.74) is 1.13. The number of amides is 1. The lowest BCUT2D eigenvalue weighted by Gasteiger charge is -2.10. The van der Waals surface area contributed by atoms with E-state index >= 15 is 0 Å². The SMILES string of the molecule is O=C(NCc1nnc2n1CCCCC2)c1cccc(S(=O)(=O)NCc2ccccc2)c1. The Bertz CT molecular complexity index is 1160. The Morgan fingerprint density at radius 2 is 1.81 bits per heavy atom. The summed E-state index contributed by atoms with van der Waals surface area (Å²) in [6.07, 6.45) is 4.23. The molecule has 0 unspecified atom stereocenters.